The lowest BCUT2D eigenvalue weighted by Crippen LogP contribution is -2.50. The van der Waals surface area contributed by atoms with E-state index in [1.54, 1.807) is 20.8 Å². The third-order valence-corrected chi connectivity index (χ3v) is 6.44. The van der Waals surface area contributed by atoms with Crippen molar-refractivity contribution in [2.75, 3.05) is 7.05 Å². The highest BCUT2D eigenvalue weighted by atomic mass is 35.5. The molecule has 218 valence electrons. The van der Waals surface area contributed by atoms with Crippen molar-refractivity contribution in [2.45, 2.75) is 84.0 Å². The van der Waals surface area contributed by atoms with E-state index in [0.717, 1.165) is 11.1 Å². The summed E-state index contributed by atoms with van der Waals surface area (Å²) < 4.78 is 11.0. The number of hydrogen-bond donors (Lipinski definition) is 2. The van der Waals surface area contributed by atoms with E-state index in [4.69, 9.17) is 21.1 Å². The molecule has 0 bridgehead atoms. The lowest BCUT2D eigenvalue weighted by atomic mass is 9.93. The SMILES string of the molecule is CNC(=O)C[C@@H](OC(C)=O)[C@H](Cc1ccccc1)NC(=O)[C@H](CCCc1ccc(Cl)cc1)CC(=O)OC(C)(C)C. The Labute approximate surface area is 242 Å². The Bertz CT molecular complexity index is 1110. The molecule has 2 N–H and O–H groups in total. The molecule has 2 amide bonds. The number of aryl methyl sites for hydroxylation is 1. The van der Waals surface area contributed by atoms with Crippen LogP contribution in [0, 0.1) is 5.92 Å². The zero-order valence-corrected chi connectivity index (χ0v) is 24.8. The summed E-state index contributed by atoms with van der Waals surface area (Å²) >= 11 is 5.99. The summed E-state index contributed by atoms with van der Waals surface area (Å²) in [4.78, 5) is 50.7. The first-order valence-corrected chi connectivity index (χ1v) is 13.9. The van der Waals surface area contributed by atoms with Crippen molar-refractivity contribution in [1.82, 2.24) is 10.6 Å². The molecule has 0 fully saturated rings. The van der Waals surface area contributed by atoms with Crippen LogP contribution in [-0.4, -0.2) is 48.5 Å². The highest BCUT2D eigenvalue weighted by Crippen LogP contribution is 2.21. The molecule has 2 aromatic carbocycles. The lowest BCUT2D eigenvalue weighted by Gasteiger charge is -2.29. The van der Waals surface area contributed by atoms with Gasteiger partial charge in [0.2, 0.25) is 11.8 Å². The van der Waals surface area contributed by atoms with Gasteiger partial charge in [0.15, 0.2) is 0 Å². The average Bonchev–Trinajstić information content (AvgIpc) is 2.87. The number of halogens is 1. The summed E-state index contributed by atoms with van der Waals surface area (Å²) in [5.41, 5.74) is 1.28. The fourth-order valence-electron chi connectivity index (χ4n) is 4.32. The van der Waals surface area contributed by atoms with Gasteiger partial charge in [0.1, 0.15) is 11.7 Å². The van der Waals surface area contributed by atoms with Crippen LogP contribution in [0.25, 0.3) is 0 Å². The summed E-state index contributed by atoms with van der Waals surface area (Å²) in [6.07, 6.45) is 0.979. The topological polar surface area (TPSA) is 111 Å². The normalized spacial score (nSPS) is 13.4. The number of rotatable bonds is 14. The maximum Gasteiger partial charge on any atom is 0.307 e. The van der Waals surface area contributed by atoms with E-state index in [9.17, 15) is 19.2 Å². The molecule has 0 aromatic heterocycles. The highest BCUT2D eigenvalue weighted by Gasteiger charge is 2.32. The molecule has 3 atom stereocenters. The third-order valence-electron chi connectivity index (χ3n) is 6.19. The van der Waals surface area contributed by atoms with Gasteiger partial charge in [-0.05, 0) is 69.7 Å². The fraction of sp³-hybridized carbons (Fsp3) is 0.484. The first-order valence-electron chi connectivity index (χ1n) is 13.5. The number of esters is 2. The van der Waals surface area contributed by atoms with Crippen LogP contribution in [0.5, 0.6) is 0 Å². The molecule has 2 aromatic rings. The van der Waals surface area contributed by atoms with E-state index in [2.05, 4.69) is 10.6 Å². The van der Waals surface area contributed by atoms with Crippen molar-refractivity contribution in [1.29, 1.82) is 0 Å². The maximum atomic E-state index is 13.7. The maximum absolute atomic E-state index is 13.7. The van der Waals surface area contributed by atoms with Crippen molar-refractivity contribution < 1.29 is 28.7 Å². The molecule has 0 unspecified atom stereocenters. The zero-order chi connectivity index (χ0) is 29.7. The van der Waals surface area contributed by atoms with Gasteiger partial charge in [0.05, 0.1) is 18.9 Å². The molecule has 9 heteroatoms. The van der Waals surface area contributed by atoms with E-state index < -0.39 is 35.6 Å². The van der Waals surface area contributed by atoms with Gasteiger partial charge >= 0.3 is 11.9 Å². The van der Waals surface area contributed by atoms with Gasteiger partial charge < -0.3 is 20.1 Å². The van der Waals surface area contributed by atoms with Gasteiger partial charge in [-0.1, -0.05) is 54.1 Å². The number of amides is 2. The number of hydrogen-bond acceptors (Lipinski definition) is 6. The molecule has 0 spiro atoms. The minimum absolute atomic E-state index is 0.102. The van der Waals surface area contributed by atoms with Crippen LogP contribution in [0.3, 0.4) is 0 Å². The smallest absolute Gasteiger partial charge is 0.307 e. The van der Waals surface area contributed by atoms with Crippen LogP contribution >= 0.6 is 11.6 Å². The molecule has 0 aliphatic rings. The molecule has 0 saturated carbocycles. The van der Waals surface area contributed by atoms with Crippen LogP contribution in [0.4, 0.5) is 0 Å². The molecule has 8 nitrogen and oxygen atoms in total. The first kappa shape index (κ1) is 32.8. The third kappa shape index (κ3) is 12.6. The lowest BCUT2D eigenvalue weighted by molar-refractivity contribution is -0.157. The second-order valence-corrected chi connectivity index (χ2v) is 11.3. The molecule has 0 aliphatic heterocycles. The molecule has 0 heterocycles. The van der Waals surface area contributed by atoms with Crippen LogP contribution in [0.15, 0.2) is 54.6 Å². The van der Waals surface area contributed by atoms with Crippen molar-refractivity contribution in [3.8, 4) is 0 Å². The van der Waals surface area contributed by atoms with E-state index >= 15 is 0 Å². The molecule has 40 heavy (non-hydrogen) atoms. The number of nitrogens with one attached hydrogen (secondary N) is 2. The Morgan fingerprint density at radius 2 is 1.57 bits per heavy atom. The van der Waals surface area contributed by atoms with E-state index in [0.29, 0.717) is 30.7 Å². The minimum Gasteiger partial charge on any atom is -0.460 e. The Morgan fingerprint density at radius 3 is 2.15 bits per heavy atom. The largest absolute Gasteiger partial charge is 0.460 e. The van der Waals surface area contributed by atoms with Crippen molar-refractivity contribution >= 4 is 35.4 Å². The predicted molar refractivity (Wildman–Crippen MR) is 155 cm³/mol. The number of carbonyl (C=O) groups excluding carboxylic acids is 4. The van der Waals surface area contributed by atoms with Gasteiger partial charge in [-0.2, -0.15) is 0 Å². The second kappa shape index (κ2) is 16.0. The fourth-order valence-corrected chi connectivity index (χ4v) is 4.45. The van der Waals surface area contributed by atoms with Gasteiger partial charge in [-0.15, -0.1) is 0 Å². The monoisotopic (exact) mass is 572 g/mol. The predicted octanol–water partition coefficient (Wildman–Crippen LogP) is 4.81. The standard InChI is InChI=1S/C31H41ClN2O6/c1-21(35)39-27(20-28(36)33-5)26(18-23-10-7-6-8-11-23)34-30(38)24(19-29(37)40-31(2,3)4)13-9-12-22-14-16-25(32)17-15-22/h6-8,10-11,14-17,24,26-27H,9,12-13,18-20H2,1-5H3,(H,33,36)(H,34,38)/t24-,26+,27-/m1/s1. The molecule has 2 rings (SSSR count). The Balaban J connectivity index is 2.27. The number of ether oxygens (including phenoxy) is 2. The molecular weight excluding hydrogens is 532 g/mol. The summed E-state index contributed by atoms with van der Waals surface area (Å²) in [6, 6.07) is 16.2. The van der Waals surface area contributed by atoms with Crippen molar-refractivity contribution in [3.05, 3.63) is 70.7 Å². The van der Waals surface area contributed by atoms with E-state index in [1.165, 1.54) is 14.0 Å². The molecule has 0 aliphatic carbocycles. The Morgan fingerprint density at radius 1 is 0.925 bits per heavy atom. The molecule has 0 radical (unpaired) electrons. The average molecular weight is 573 g/mol. The van der Waals surface area contributed by atoms with Gasteiger partial charge in [-0.25, -0.2) is 0 Å². The minimum atomic E-state index is -0.905. The summed E-state index contributed by atoms with van der Waals surface area (Å²) in [6.45, 7) is 6.59. The quantitative estimate of drug-likeness (QED) is 0.314. The number of benzene rings is 2. The number of carbonyl (C=O) groups is 4. The van der Waals surface area contributed by atoms with Crippen molar-refractivity contribution in [3.63, 3.8) is 0 Å². The highest BCUT2D eigenvalue weighted by molar-refractivity contribution is 6.30. The van der Waals surface area contributed by atoms with Crippen LogP contribution in [0.2, 0.25) is 5.02 Å². The van der Waals surface area contributed by atoms with Gasteiger partial charge in [0, 0.05) is 24.9 Å². The van der Waals surface area contributed by atoms with Gasteiger partial charge in [0.25, 0.3) is 0 Å². The summed E-state index contributed by atoms with van der Waals surface area (Å²) in [5, 5.41) is 6.20. The Hall–Kier alpha value is -3.39. The molecule has 0 saturated heterocycles. The zero-order valence-electron chi connectivity index (χ0n) is 24.0. The van der Waals surface area contributed by atoms with E-state index in [-0.39, 0.29) is 24.7 Å². The first-order chi connectivity index (χ1) is 18.9. The summed E-state index contributed by atoms with van der Waals surface area (Å²) in [7, 11) is 1.50. The van der Waals surface area contributed by atoms with Crippen molar-refractivity contribution in [2.24, 2.45) is 5.92 Å². The second-order valence-electron chi connectivity index (χ2n) is 10.8. The molecular formula is C31H41ClN2O6. The van der Waals surface area contributed by atoms with Gasteiger partial charge in [-0.3, -0.25) is 19.2 Å². The van der Waals surface area contributed by atoms with Crippen LogP contribution in [-0.2, 0) is 41.5 Å². The van der Waals surface area contributed by atoms with Crippen LogP contribution < -0.4 is 10.6 Å². The van der Waals surface area contributed by atoms with E-state index in [1.807, 2.05) is 54.6 Å². The summed E-state index contributed by atoms with van der Waals surface area (Å²) in [5.74, 6) is -2.41. The van der Waals surface area contributed by atoms with Crippen LogP contribution in [0.1, 0.15) is 64.5 Å². The Kier molecular flexibility index (Phi) is 13.1.